The van der Waals surface area contributed by atoms with Crippen molar-refractivity contribution in [2.75, 3.05) is 18.6 Å². The Balaban J connectivity index is 2.27. The zero-order chi connectivity index (χ0) is 15.1. The normalized spacial score (nSPS) is 18.0. The lowest BCUT2D eigenvalue weighted by Gasteiger charge is -2.18. The highest BCUT2D eigenvalue weighted by molar-refractivity contribution is 6.07. The van der Waals surface area contributed by atoms with E-state index >= 15 is 0 Å². The van der Waals surface area contributed by atoms with E-state index in [0.29, 0.717) is 12.3 Å². The van der Waals surface area contributed by atoms with Crippen LogP contribution in [0.3, 0.4) is 0 Å². The van der Waals surface area contributed by atoms with Gasteiger partial charge in [0.2, 0.25) is 5.91 Å². The first-order valence-electron chi connectivity index (χ1n) is 6.87. The average molecular weight is 287 g/mol. The zero-order valence-corrected chi connectivity index (χ0v) is 12.0. The fraction of sp³-hybridized carbons (Fsp3) is 0.333. The maximum absolute atomic E-state index is 12.2. The monoisotopic (exact) mass is 287 g/mol. The fourth-order valence-electron chi connectivity index (χ4n) is 2.78. The van der Waals surface area contributed by atoms with Gasteiger partial charge in [-0.1, -0.05) is 12.1 Å². The summed E-state index contributed by atoms with van der Waals surface area (Å²) in [6, 6.07) is 6.72. The van der Waals surface area contributed by atoms with Gasteiger partial charge in [-0.25, -0.2) is 4.79 Å². The summed E-state index contributed by atoms with van der Waals surface area (Å²) in [7, 11) is 1.70. The zero-order valence-electron chi connectivity index (χ0n) is 12.0. The Morgan fingerprint density at radius 3 is 2.95 bits per heavy atom. The summed E-state index contributed by atoms with van der Waals surface area (Å²) >= 11 is 0. The second-order valence-corrected chi connectivity index (χ2v) is 5.08. The molecule has 0 bridgehead atoms. The van der Waals surface area contributed by atoms with Crippen molar-refractivity contribution in [3.05, 3.63) is 30.0 Å². The first-order chi connectivity index (χ1) is 10.0. The number of hydrogen-bond donors (Lipinski definition) is 1. The maximum atomic E-state index is 12.2. The molecule has 1 aromatic carbocycles. The molecule has 6 nitrogen and oxygen atoms in total. The van der Waals surface area contributed by atoms with Crippen LogP contribution in [0, 0.1) is 0 Å². The van der Waals surface area contributed by atoms with E-state index in [1.165, 1.54) is 0 Å². The van der Waals surface area contributed by atoms with Crippen LogP contribution in [0.25, 0.3) is 10.9 Å². The van der Waals surface area contributed by atoms with Crippen molar-refractivity contribution < 1.29 is 14.3 Å². The summed E-state index contributed by atoms with van der Waals surface area (Å²) in [6.45, 7) is 2.33. The number of carbonyl (C=O) groups is 2. The van der Waals surface area contributed by atoms with Crippen LogP contribution in [0.15, 0.2) is 24.3 Å². The number of para-hydroxylation sites is 1. The van der Waals surface area contributed by atoms with Gasteiger partial charge < -0.3 is 19.9 Å². The number of rotatable bonds is 2. The van der Waals surface area contributed by atoms with Crippen molar-refractivity contribution in [2.24, 2.45) is 5.73 Å². The summed E-state index contributed by atoms with van der Waals surface area (Å²) < 4.78 is 6.88. The quantitative estimate of drug-likeness (QED) is 0.840. The lowest BCUT2D eigenvalue weighted by Crippen LogP contribution is -2.43. The molecule has 0 radical (unpaired) electrons. The van der Waals surface area contributed by atoms with Gasteiger partial charge in [0.05, 0.1) is 17.8 Å². The number of benzene rings is 1. The second-order valence-electron chi connectivity index (χ2n) is 5.08. The van der Waals surface area contributed by atoms with Crippen LogP contribution in [-0.4, -0.2) is 36.1 Å². The topological polar surface area (TPSA) is 77.6 Å². The third kappa shape index (κ3) is 1.99. The number of nitrogens with two attached hydrogens (primary N) is 1. The summed E-state index contributed by atoms with van der Waals surface area (Å²) in [5.41, 5.74) is 7.98. The average Bonchev–Trinajstić information content (AvgIpc) is 2.80. The maximum Gasteiger partial charge on any atom is 0.354 e. The molecule has 2 aromatic rings. The Hall–Kier alpha value is -2.34. The Labute approximate surface area is 122 Å². The van der Waals surface area contributed by atoms with Gasteiger partial charge in [-0.2, -0.15) is 0 Å². The molecule has 1 aliphatic heterocycles. The molecule has 0 fully saturated rings. The summed E-state index contributed by atoms with van der Waals surface area (Å²) in [6.07, 6.45) is 0. The number of esters is 1. The lowest BCUT2D eigenvalue weighted by molar-refractivity contribution is -0.119. The smallest absolute Gasteiger partial charge is 0.354 e. The number of anilines is 1. The van der Waals surface area contributed by atoms with E-state index in [0.717, 1.165) is 16.6 Å². The number of amides is 1. The third-order valence-corrected chi connectivity index (χ3v) is 3.77. The van der Waals surface area contributed by atoms with Gasteiger partial charge in [0.15, 0.2) is 0 Å². The van der Waals surface area contributed by atoms with E-state index in [4.69, 9.17) is 10.5 Å². The SMILES string of the molecule is CCOC(=O)c1cc2cccc3c2n1CC(N)C(=O)N3C. The fourth-order valence-corrected chi connectivity index (χ4v) is 2.78. The molecule has 1 atom stereocenters. The van der Waals surface area contributed by atoms with Crippen molar-refractivity contribution in [3.8, 4) is 0 Å². The molecule has 0 aliphatic carbocycles. The predicted molar refractivity (Wildman–Crippen MR) is 79.3 cm³/mol. The second kappa shape index (κ2) is 4.89. The van der Waals surface area contributed by atoms with Gasteiger partial charge in [-0.15, -0.1) is 0 Å². The molecule has 0 spiro atoms. The van der Waals surface area contributed by atoms with Crippen molar-refractivity contribution >= 4 is 28.5 Å². The van der Waals surface area contributed by atoms with Crippen LogP contribution in [0.2, 0.25) is 0 Å². The van der Waals surface area contributed by atoms with Gasteiger partial charge >= 0.3 is 5.97 Å². The number of likely N-dealkylation sites (N-methyl/N-ethyl adjacent to an activating group) is 1. The number of carbonyl (C=O) groups excluding carboxylic acids is 2. The molecule has 1 unspecified atom stereocenters. The highest BCUT2D eigenvalue weighted by Gasteiger charge is 2.29. The minimum absolute atomic E-state index is 0.166. The van der Waals surface area contributed by atoms with E-state index < -0.39 is 12.0 Å². The summed E-state index contributed by atoms with van der Waals surface area (Å²) in [5, 5.41) is 0.893. The number of hydrogen-bond acceptors (Lipinski definition) is 4. The first-order valence-corrected chi connectivity index (χ1v) is 6.87. The predicted octanol–water partition coefficient (Wildman–Crippen LogP) is 1.12. The molecule has 2 N–H and O–H groups in total. The number of nitrogens with zero attached hydrogens (tertiary/aromatic N) is 2. The lowest BCUT2D eigenvalue weighted by atomic mass is 10.2. The Bertz CT molecular complexity index is 735. The Morgan fingerprint density at radius 1 is 1.48 bits per heavy atom. The van der Waals surface area contributed by atoms with Crippen LogP contribution < -0.4 is 10.6 Å². The van der Waals surface area contributed by atoms with Crippen molar-refractivity contribution in [2.45, 2.75) is 19.5 Å². The Morgan fingerprint density at radius 2 is 2.24 bits per heavy atom. The third-order valence-electron chi connectivity index (χ3n) is 3.77. The standard InChI is InChI=1S/C15H17N3O3/c1-3-21-15(20)12-7-9-5-4-6-11-13(9)18(12)8-10(16)14(19)17(11)2/h4-7,10H,3,8,16H2,1-2H3. The first kappa shape index (κ1) is 13.6. The molecule has 21 heavy (non-hydrogen) atoms. The van der Waals surface area contributed by atoms with Crippen LogP contribution in [0.1, 0.15) is 17.4 Å². The minimum atomic E-state index is -0.689. The molecule has 0 saturated heterocycles. The van der Waals surface area contributed by atoms with E-state index in [2.05, 4.69) is 0 Å². The highest BCUT2D eigenvalue weighted by atomic mass is 16.5. The molecule has 3 rings (SSSR count). The molecule has 2 heterocycles. The highest BCUT2D eigenvalue weighted by Crippen LogP contribution is 2.32. The molecular formula is C15H17N3O3. The molecule has 6 heteroatoms. The van der Waals surface area contributed by atoms with Crippen LogP contribution >= 0.6 is 0 Å². The molecule has 0 saturated carbocycles. The van der Waals surface area contributed by atoms with E-state index in [1.807, 2.05) is 18.2 Å². The van der Waals surface area contributed by atoms with Crippen molar-refractivity contribution in [3.63, 3.8) is 0 Å². The van der Waals surface area contributed by atoms with E-state index in [9.17, 15) is 9.59 Å². The molecule has 1 aliphatic rings. The van der Waals surface area contributed by atoms with Crippen molar-refractivity contribution in [1.29, 1.82) is 0 Å². The number of ether oxygens (including phenoxy) is 1. The van der Waals surface area contributed by atoms with Gasteiger partial charge in [0.25, 0.3) is 0 Å². The van der Waals surface area contributed by atoms with Crippen LogP contribution in [0.4, 0.5) is 5.69 Å². The van der Waals surface area contributed by atoms with E-state index in [1.54, 1.807) is 29.5 Å². The van der Waals surface area contributed by atoms with Gasteiger partial charge in [-0.05, 0) is 19.1 Å². The molecule has 1 aromatic heterocycles. The van der Waals surface area contributed by atoms with Crippen LogP contribution in [-0.2, 0) is 16.1 Å². The largest absolute Gasteiger partial charge is 0.461 e. The van der Waals surface area contributed by atoms with Gasteiger partial charge in [-0.3, -0.25) is 4.79 Å². The number of aromatic nitrogens is 1. The summed E-state index contributed by atoms with van der Waals surface area (Å²) in [5.74, 6) is -0.565. The Kier molecular flexibility index (Phi) is 3.17. The van der Waals surface area contributed by atoms with Crippen molar-refractivity contribution in [1.82, 2.24) is 4.57 Å². The van der Waals surface area contributed by atoms with Gasteiger partial charge in [0, 0.05) is 19.0 Å². The minimum Gasteiger partial charge on any atom is -0.461 e. The summed E-state index contributed by atoms with van der Waals surface area (Å²) in [4.78, 5) is 25.9. The molecule has 1 amide bonds. The molecular weight excluding hydrogens is 270 g/mol. The van der Waals surface area contributed by atoms with Gasteiger partial charge in [0.1, 0.15) is 11.7 Å². The molecule has 110 valence electrons. The van der Waals surface area contributed by atoms with Crippen LogP contribution in [0.5, 0.6) is 0 Å². The van der Waals surface area contributed by atoms with E-state index in [-0.39, 0.29) is 12.5 Å².